The second-order valence-corrected chi connectivity index (χ2v) is 6.41. The number of nitrogens with one attached hydrogen (secondary N) is 1. The summed E-state index contributed by atoms with van der Waals surface area (Å²) in [6.07, 6.45) is 10.2. The minimum Gasteiger partial charge on any atom is -0.311 e. The summed E-state index contributed by atoms with van der Waals surface area (Å²) in [7, 11) is 0. The molecule has 16 heavy (non-hydrogen) atoms. The van der Waals surface area contributed by atoms with Crippen LogP contribution in [0.25, 0.3) is 0 Å². The van der Waals surface area contributed by atoms with Crippen LogP contribution in [-0.4, -0.2) is 12.1 Å². The van der Waals surface area contributed by atoms with Crippen LogP contribution in [0.1, 0.15) is 65.7 Å². The van der Waals surface area contributed by atoms with Crippen molar-refractivity contribution in [3.63, 3.8) is 0 Å². The fourth-order valence-corrected chi connectivity index (χ4v) is 3.91. The maximum absolute atomic E-state index is 3.96. The molecule has 0 saturated heterocycles. The van der Waals surface area contributed by atoms with Crippen LogP contribution in [0.2, 0.25) is 0 Å². The molecule has 2 saturated carbocycles. The highest BCUT2D eigenvalue weighted by atomic mass is 15.0. The highest BCUT2D eigenvalue weighted by Crippen LogP contribution is 2.32. The molecule has 0 aliphatic heterocycles. The van der Waals surface area contributed by atoms with Crippen molar-refractivity contribution in [2.45, 2.75) is 77.8 Å². The lowest BCUT2D eigenvalue weighted by atomic mass is 9.78. The summed E-state index contributed by atoms with van der Waals surface area (Å²) >= 11 is 0. The van der Waals surface area contributed by atoms with E-state index < -0.39 is 0 Å². The van der Waals surface area contributed by atoms with Gasteiger partial charge in [0.25, 0.3) is 0 Å². The van der Waals surface area contributed by atoms with E-state index in [1.165, 1.54) is 44.9 Å². The third-order valence-electron chi connectivity index (χ3n) is 5.11. The van der Waals surface area contributed by atoms with Crippen LogP contribution in [0.15, 0.2) is 0 Å². The number of hydrogen-bond donors (Lipinski definition) is 1. The van der Waals surface area contributed by atoms with Crippen LogP contribution in [0, 0.1) is 17.8 Å². The van der Waals surface area contributed by atoms with Gasteiger partial charge in [-0.2, -0.15) is 0 Å². The van der Waals surface area contributed by atoms with Gasteiger partial charge >= 0.3 is 0 Å². The van der Waals surface area contributed by atoms with Gasteiger partial charge in [0.15, 0.2) is 0 Å². The maximum Gasteiger partial charge on any atom is 0.0121 e. The summed E-state index contributed by atoms with van der Waals surface area (Å²) in [5, 5.41) is 3.96. The van der Waals surface area contributed by atoms with Gasteiger partial charge in [-0.3, -0.25) is 0 Å². The average Bonchev–Trinajstić information content (AvgIpc) is 2.76. The number of hydrogen-bond acceptors (Lipinski definition) is 1. The fraction of sp³-hybridized carbons (Fsp3) is 1.00. The fourth-order valence-electron chi connectivity index (χ4n) is 3.91. The first kappa shape index (κ1) is 12.4. The molecule has 0 aromatic rings. The Kier molecular flexibility index (Phi) is 4.29. The minimum absolute atomic E-state index is 0.746. The third kappa shape index (κ3) is 2.80. The molecular weight excluding hydrogens is 194 g/mol. The first-order valence-corrected chi connectivity index (χ1v) is 7.44. The lowest BCUT2D eigenvalue weighted by molar-refractivity contribution is 0.179. The molecule has 94 valence electrons. The quantitative estimate of drug-likeness (QED) is 0.763. The van der Waals surface area contributed by atoms with Crippen LogP contribution >= 0.6 is 0 Å². The highest BCUT2D eigenvalue weighted by Gasteiger charge is 2.31. The second kappa shape index (κ2) is 5.53. The first-order chi connectivity index (χ1) is 7.68. The van der Waals surface area contributed by atoms with E-state index in [2.05, 4.69) is 26.1 Å². The Morgan fingerprint density at radius 1 is 0.875 bits per heavy atom. The van der Waals surface area contributed by atoms with Crippen molar-refractivity contribution in [1.82, 2.24) is 5.32 Å². The summed E-state index contributed by atoms with van der Waals surface area (Å²) in [5.74, 6) is 2.72. The molecule has 1 heteroatoms. The van der Waals surface area contributed by atoms with Crippen molar-refractivity contribution in [1.29, 1.82) is 0 Å². The molecule has 1 N–H and O–H groups in total. The maximum atomic E-state index is 3.96. The van der Waals surface area contributed by atoms with E-state index in [0.29, 0.717) is 0 Å². The Hall–Kier alpha value is -0.0400. The topological polar surface area (TPSA) is 12.0 Å². The molecule has 0 aromatic carbocycles. The summed E-state index contributed by atoms with van der Waals surface area (Å²) in [6.45, 7) is 7.30. The smallest absolute Gasteiger partial charge is 0.0121 e. The van der Waals surface area contributed by atoms with Crippen molar-refractivity contribution < 1.29 is 0 Å². The molecule has 0 aromatic heterocycles. The SMILES string of the molecule is CC1CCCC(C)C1NC(C)C1CCCC1. The normalized spacial score (nSPS) is 38.8. The number of rotatable bonds is 3. The molecule has 0 radical (unpaired) electrons. The Labute approximate surface area is 101 Å². The molecule has 2 aliphatic rings. The van der Waals surface area contributed by atoms with E-state index >= 15 is 0 Å². The van der Waals surface area contributed by atoms with Crippen molar-refractivity contribution in [2.24, 2.45) is 17.8 Å². The Morgan fingerprint density at radius 3 is 2.00 bits per heavy atom. The van der Waals surface area contributed by atoms with Crippen LogP contribution in [0.4, 0.5) is 0 Å². The lowest BCUT2D eigenvalue weighted by Gasteiger charge is -2.38. The molecule has 1 nitrogen and oxygen atoms in total. The van der Waals surface area contributed by atoms with E-state index in [-0.39, 0.29) is 0 Å². The minimum atomic E-state index is 0.746. The molecule has 0 heterocycles. The predicted molar refractivity (Wildman–Crippen MR) is 70.5 cm³/mol. The van der Waals surface area contributed by atoms with Gasteiger partial charge in [0.1, 0.15) is 0 Å². The van der Waals surface area contributed by atoms with E-state index in [4.69, 9.17) is 0 Å². The summed E-state index contributed by atoms with van der Waals surface area (Å²) < 4.78 is 0. The standard InChI is InChI=1S/C15H29N/c1-11-7-6-8-12(2)15(11)16-13(3)14-9-4-5-10-14/h11-16H,4-10H2,1-3H3. The van der Waals surface area contributed by atoms with Gasteiger partial charge in [0.05, 0.1) is 0 Å². The van der Waals surface area contributed by atoms with Crippen molar-refractivity contribution >= 4 is 0 Å². The van der Waals surface area contributed by atoms with E-state index in [1.54, 1.807) is 0 Å². The Morgan fingerprint density at radius 2 is 1.44 bits per heavy atom. The van der Waals surface area contributed by atoms with Crippen LogP contribution < -0.4 is 5.32 Å². The second-order valence-electron chi connectivity index (χ2n) is 6.41. The summed E-state index contributed by atoms with van der Waals surface area (Å²) in [4.78, 5) is 0. The van der Waals surface area contributed by atoms with Gasteiger partial charge in [-0.1, -0.05) is 33.1 Å². The van der Waals surface area contributed by atoms with Crippen LogP contribution in [0.5, 0.6) is 0 Å². The van der Waals surface area contributed by atoms with E-state index in [9.17, 15) is 0 Å². The van der Waals surface area contributed by atoms with Crippen molar-refractivity contribution in [3.05, 3.63) is 0 Å². The zero-order chi connectivity index (χ0) is 11.5. The van der Waals surface area contributed by atoms with Gasteiger partial charge in [0.2, 0.25) is 0 Å². The Balaban J connectivity index is 1.86. The van der Waals surface area contributed by atoms with Gasteiger partial charge in [0, 0.05) is 12.1 Å². The van der Waals surface area contributed by atoms with E-state index in [0.717, 1.165) is 29.8 Å². The van der Waals surface area contributed by atoms with Crippen molar-refractivity contribution in [3.8, 4) is 0 Å². The molecular formula is C15H29N. The van der Waals surface area contributed by atoms with Crippen LogP contribution in [0.3, 0.4) is 0 Å². The molecule has 0 spiro atoms. The molecule has 3 atom stereocenters. The zero-order valence-electron chi connectivity index (χ0n) is 11.3. The Bertz CT molecular complexity index is 197. The van der Waals surface area contributed by atoms with Gasteiger partial charge in [-0.15, -0.1) is 0 Å². The van der Waals surface area contributed by atoms with Gasteiger partial charge in [-0.05, 0) is 50.4 Å². The molecule has 2 fully saturated rings. The summed E-state index contributed by atoms with van der Waals surface area (Å²) in [5.41, 5.74) is 0. The van der Waals surface area contributed by atoms with Crippen LogP contribution in [-0.2, 0) is 0 Å². The highest BCUT2D eigenvalue weighted by molar-refractivity contribution is 4.87. The molecule has 0 bridgehead atoms. The molecule has 2 aliphatic carbocycles. The first-order valence-electron chi connectivity index (χ1n) is 7.44. The average molecular weight is 223 g/mol. The van der Waals surface area contributed by atoms with Gasteiger partial charge in [-0.25, -0.2) is 0 Å². The molecule has 3 unspecified atom stereocenters. The molecule has 0 amide bonds. The third-order valence-corrected chi connectivity index (χ3v) is 5.11. The van der Waals surface area contributed by atoms with Crippen molar-refractivity contribution in [2.75, 3.05) is 0 Å². The summed E-state index contributed by atoms with van der Waals surface area (Å²) in [6, 6.07) is 1.53. The molecule has 2 rings (SSSR count). The van der Waals surface area contributed by atoms with Gasteiger partial charge < -0.3 is 5.32 Å². The monoisotopic (exact) mass is 223 g/mol. The van der Waals surface area contributed by atoms with E-state index in [1.807, 2.05) is 0 Å². The zero-order valence-corrected chi connectivity index (χ0v) is 11.3. The largest absolute Gasteiger partial charge is 0.311 e. The lowest BCUT2D eigenvalue weighted by Crippen LogP contribution is -2.48. The predicted octanol–water partition coefficient (Wildman–Crippen LogP) is 3.98.